The molecule has 1 amide bonds. The van der Waals surface area contributed by atoms with Crippen molar-refractivity contribution in [1.82, 2.24) is 5.32 Å². The fraction of sp³-hybridized carbons (Fsp3) is 0.562. The first-order chi connectivity index (χ1) is 11.0. The molecule has 136 valence electrons. The summed E-state index contributed by atoms with van der Waals surface area (Å²) in [6.45, 7) is -2.34. The first kappa shape index (κ1) is 20.4. The van der Waals surface area contributed by atoms with Crippen LogP contribution in [0.3, 0.4) is 0 Å². The van der Waals surface area contributed by atoms with Crippen molar-refractivity contribution in [3.8, 4) is 11.5 Å². The fourth-order valence-electron chi connectivity index (χ4n) is 3.01. The molecule has 3 N–H and O–H groups in total. The third-order valence-corrected chi connectivity index (χ3v) is 4.24. The van der Waals surface area contributed by atoms with Crippen molar-refractivity contribution in [3.05, 3.63) is 23.8 Å². The molecule has 1 aromatic rings. The minimum atomic E-state index is -2.92. The van der Waals surface area contributed by atoms with Gasteiger partial charge < -0.3 is 20.5 Å². The van der Waals surface area contributed by atoms with Gasteiger partial charge in [0.05, 0.1) is 7.11 Å². The minimum absolute atomic E-state index is 0. The number of carbonyl (C=O) groups is 1. The normalized spacial score (nSPS) is 19.7. The molecule has 8 heteroatoms. The maximum Gasteiger partial charge on any atom is 0.387 e. The lowest BCUT2D eigenvalue weighted by atomic mass is 9.95. The van der Waals surface area contributed by atoms with Crippen LogP contribution in [-0.2, 0) is 11.3 Å². The van der Waals surface area contributed by atoms with Gasteiger partial charge in [-0.25, -0.2) is 0 Å². The molecule has 0 bridgehead atoms. The van der Waals surface area contributed by atoms with E-state index in [4.69, 9.17) is 10.5 Å². The van der Waals surface area contributed by atoms with Crippen LogP contribution in [0.1, 0.15) is 24.8 Å². The number of nitrogens with two attached hydrogens (primary N) is 1. The van der Waals surface area contributed by atoms with Gasteiger partial charge in [-0.15, -0.1) is 12.4 Å². The third-order valence-electron chi connectivity index (χ3n) is 4.24. The second-order valence-corrected chi connectivity index (χ2v) is 5.60. The van der Waals surface area contributed by atoms with E-state index in [1.165, 1.54) is 19.2 Å². The van der Waals surface area contributed by atoms with Crippen molar-refractivity contribution in [1.29, 1.82) is 0 Å². The molecule has 1 fully saturated rings. The predicted molar refractivity (Wildman–Crippen MR) is 88.6 cm³/mol. The number of alkyl halides is 2. The maximum absolute atomic E-state index is 12.5. The standard InChI is InChI=1S/C16H22F2N2O3.ClH/c1-22-12-5-6-14(23-16(17)18)11(7-12)9-20-15(21)13-4-2-3-10(13)8-19;/h5-7,10,13,16H,2-4,8-9,19H2,1H3,(H,20,21);1H/t10-,13-;/m1./s1. The van der Waals surface area contributed by atoms with Crippen molar-refractivity contribution in [2.24, 2.45) is 17.6 Å². The first-order valence-corrected chi connectivity index (χ1v) is 7.64. The van der Waals surface area contributed by atoms with E-state index < -0.39 is 6.61 Å². The Labute approximate surface area is 146 Å². The summed E-state index contributed by atoms with van der Waals surface area (Å²) in [5.41, 5.74) is 6.13. The SMILES string of the molecule is COc1ccc(OC(F)F)c(CNC(=O)[C@@H]2CCC[C@@H]2CN)c1.Cl. The number of benzene rings is 1. The average molecular weight is 365 g/mol. The zero-order valence-corrected chi connectivity index (χ0v) is 14.3. The molecule has 0 aromatic heterocycles. The summed E-state index contributed by atoms with van der Waals surface area (Å²) in [7, 11) is 1.48. The van der Waals surface area contributed by atoms with Gasteiger partial charge in [0.2, 0.25) is 5.91 Å². The zero-order valence-electron chi connectivity index (χ0n) is 13.5. The van der Waals surface area contributed by atoms with Crippen LogP contribution in [0.5, 0.6) is 11.5 Å². The zero-order chi connectivity index (χ0) is 16.8. The van der Waals surface area contributed by atoms with E-state index in [0.29, 0.717) is 17.9 Å². The summed E-state index contributed by atoms with van der Waals surface area (Å²) in [6.07, 6.45) is 2.75. The number of nitrogens with one attached hydrogen (secondary N) is 1. The number of ether oxygens (including phenoxy) is 2. The third kappa shape index (κ3) is 5.21. The van der Waals surface area contributed by atoms with Gasteiger partial charge in [-0.3, -0.25) is 4.79 Å². The number of methoxy groups -OCH3 is 1. The number of amides is 1. The van der Waals surface area contributed by atoms with Gasteiger partial charge in [0.25, 0.3) is 0 Å². The van der Waals surface area contributed by atoms with Gasteiger partial charge in [-0.05, 0) is 43.5 Å². The predicted octanol–water partition coefficient (Wildman–Crippen LogP) is 2.71. The summed E-state index contributed by atoms with van der Waals surface area (Å²) in [4.78, 5) is 12.3. The van der Waals surface area contributed by atoms with Crippen molar-refractivity contribution in [3.63, 3.8) is 0 Å². The van der Waals surface area contributed by atoms with Crippen LogP contribution in [0.15, 0.2) is 18.2 Å². The molecule has 0 saturated heterocycles. The van der Waals surface area contributed by atoms with E-state index in [0.717, 1.165) is 19.3 Å². The Kier molecular flexibility index (Phi) is 8.21. The lowest BCUT2D eigenvalue weighted by Gasteiger charge is -2.18. The molecule has 0 radical (unpaired) electrons. The van der Waals surface area contributed by atoms with Gasteiger partial charge in [0, 0.05) is 18.0 Å². The number of hydrogen-bond acceptors (Lipinski definition) is 4. The molecule has 0 unspecified atom stereocenters. The van der Waals surface area contributed by atoms with Crippen molar-refractivity contribution < 1.29 is 23.0 Å². The van der Waals surface area contributed by atoms with Crippen LogP contribution in [0.4, 0.5) is 8.78 Å². The smallest absolute Gasteiger partial charge is 0.387 e. The lowest BCUT2D eigenvalue weighted by molar-refractivity contribution is -0.126. The monoisotopic (exact) mass is 364 g/mol. The van der Waals surface area contributed by atoms with Crippen molar-refractivity contribution in [2.45, 2.75) is 32.4 Å². The Morgan fingerprint density at radius 1 is 1.42 bits per heavy atom. The molecule has 24 heavy (non-hydrogen) atoms. The van der Waals surface area contributed by atoms with Crippen LogP contribution >= 0.6 is 12.4 Å². The van der Waals surface area contributed by atoms with E-state index >= 15 is 0 Å². The summed E-state index contributed by atoms with van der Waals surface area (Å²) >= 11 is 0. The molecule has 1 aromatic carbocycles. The van der Waals surface area contributed by atoms with Crippen molar-refractivity contribution >= 4 is 18.3 Å². The summed E-state index contributed by atoms with van der Waals surface area (Å²) in [6, 6.07) is 4.52. The van der Waals surface area contributed by atoms with Gasteiger partial charge in [0.15, 0.2) is 0 Å². The highest BCUT2D eigenvalue weighted by molar-refractivity contribution is 5.85. The number of carbonyl (C=O) groups excluding carboxylic acids is 1. The Bertz CT molecular complexity index is 546. The molecule has 1 aliphatic carbocycles. The molecule has 0 heterocycles. The molecule has 1 saturated carbocycles. The number of rotatable bonds is 7. The Morgan fingerprint density at radius 3 is 2.79 bits per heavy atom. The van der Waals surface area contributed by atoms with Gasteiger partial charge in [-0.2, -0.15) is 8.78 Å². The highest BCUT2D eigenvalue weighted by Crippen LogP contribution is 2.31. The average Bonchev–Trinajstić information content (AvgIpc) is 3.01. The number of hydrogen-bond donors (Lipinski definition) is 2. The lowest BCUT2D eigenvalue weighted by Crippen LogP contribution is -2.34. The molecule has 5 nitrogen and oxygen atoms in total. The van der Waals surface area contributed by atoms with E-state index in [9.17, 15) is 13.6 Å². The maximum atomic E-state index is 12.5. The van der Waals surface area contributed by atoms with Gasteiger partial charge >= 0.3 is 6.61 Å². The second-order valence-electron chi connectivity index (χ2n) is 5.60. The van der Waals surface area contributed by atoms with E-state index in [2.05, 4.69) is 10.1 Å². The highest BCUT2D eigenvalue weighted by atomic mass is 35.5. The van der Waals surface area contributed by atoms with Gasteiger partial charge in [-0.1, -0.05) is 6.42 Å². The largest absolute Gasteiger partial charge is 0.497 e. The van der Waals surface area contributed by atoms with E-state index in [1.807, 2.05) is 0 Å². The summed E-state index contributed by atoms with van der Waals surface area (Å²) in [5, 5.41) is 2.80. The molecular weight excluding hydrogens is 342 g/mol. The van der Waals surface area contributed by atoms with Crippen LogP contribution in [0.2, 0.25) is 0 Å². The first-order valence-electron chi connectivity index (χ1n) is 7.64. The minimum Gasteiger partial charge on any atom is -0.497 e. The van der Waals surface area contributed by atoms with E-state index in [-0.39, 0.29) is 42.4 Å². The quantitative estimate of drug-likeness (QED) is 0.780. The molecule has 1 aliphatic rings. The van der Waals surface area contributed by atoms with Crippen molar-refractivity contribution in [2.75, 3.05) is 13.7 Å². The Morgan fingerprint density at radius 2 is 2.17 bits per heavy atom. The van der Waals surface area contributed by atoms with Gasteiger partial charge in [0.1, 0.15) is 11.5 Å². The summed E-state index contributed by atoms with van der Waals surface area (Å²) in [5.74, 6) is 0.533. The molecule has 0 aliphatic heterocycles. The molecule has 2 atom stereocenters. The van der Waals surface area contributed by atoms with Crippen LogP contribution in [0.25, 0.3) is 0 Å². The van der Waals surface area contributed by atoms with Crippen LogP contribution in [-0.4, -0.2) is 26.2 Å². The Balaban J connectivity index is 0.00000288. The fourth-order valence-corrected chi connectivity index (χ4v) is 3.01. The highest BCUT2D eigenvalue weighted by Gasteiger charge is 2.31. The number of halogens is 3. The summed E-state index contributed by atoms with van der Waals surface area (Å²) < 4.78 is 34.5. The topological polar surface area (TPSA) is 73.6 Å². The molecule has 0 spiro atoms. The second kappa shape index (κ2) is 9.64. The Hall–Kier alpha value is -1.60. The molecule has 2 rings (SSSR count). The van der Waals surface area contributed by atoms with E-state index in [1.54, 1.807) is 6.07 Å². The van der Waals surface area contributed by atoms with Crippen LogP contribution in [0, 0.1) is 11.8 Å². The van der Waals surface area contributed by atoms with Crippen LogP contribution < -0.4 is 20.5 Å². The molecular formula is C16H23ClF2N2O3.